The Morgan fingerprint density at radius 2 is 1.48 bits per heavy atom. The molecule has 2 aromatic carbocycles. The van der Waals surface area contributed by atoms with Crippen molar-refractivity contribution in [2.75, 3.05) is 20.4 Å². The van der Waals surface area contributed by atoms with Crippen molar-refractivity contribution in [3.05, 3.63) is 71.8 Å². The molecule has 4 N–H and O–H groups in total. The fourth-order valence-corrected chi connectivity index (χ4v) is 2.89. The summed E-state index contributed by atoms with van der Waals surface area (Å²) in [4.78, 5) is 13.9. The molecule has 0 heterocycles. The largest absolute Gasteiger partial charge is 0.386 e. The molecule has 0 saturated carbocycles. The van der Waals surface area contributed by atoms with E-state index in [9.17, 15) is 23.8 Å². The van der Waals surface area contributed by atoms with Crippen LogP contribution in [-0.2, 0) is 4.79 Å². The number of hydrogen-bond acceptors (Lipinski definition) is 4. The van der Waals surface area contributed by atoms with E-state index in [1.165, 1.54) is 7.05 Å². The van der Waals surface area contributed by atoms with Crippen LogP contribution in [-0.4, -0.2) is 53.1 Å². The van der Waals surface area contributed by atoms with E-state index in [1.807, 2.05) is 0 Å². The Morgan fingerprint density at radius 3 is 1.93 bits per heavy atom. The van der Waals surface area contributed by atoms with Gasteiger partial charge in [-0.15, -0.1) is 0 Å². The molecule has 146 valence electrons. The molecule has 0 aliphatic rings. The lowest BCUT2D eigenvalue weighted by atomic mass is 9.92. The fourth-order valence-electron chi connectivity index (χ4n) is 2.89. The van der Waals surface area contributed by atoms with E-state index in [4.69, 9.17) is 5.73 Å². The van der Waals surface area contributed by atoms with Gasteiger partial charge in [0.15, 0.2) is 0 Å². The highest BCUT2D eigenvalue weighted by molar-refractivity contribution is 5.83. The number of amides is 1. The topological polar surface area (TPSA) is 86.8 Å². The van der Waals surface area contributed by atoms with E-state index in [0.29, 0.717) is 11.1 Å². The van der Waals surface area contributed by atoms with Gasteiger partial charge in [-0.2, -0.15) is 0 Å². The smallest absolute Gasteiger partial charge is 0.243 e. The molecule has 0 saturated heterocycles. The number of carbonyl (C=O) groups is 1. The molecular formula is C20H24F2N2O3. The summed E-state index contributed by atoms with van der Waals surface area (Å²) in [6.45, 7) is -3.00. The summed E-state index contributed by atoms with van der Waals surface area (Å²) in [6, 6.07) is 14.8. The van der Waals surface area contributed by atoms with E-state index in [0.717, 1.165) is 4.90 Å². The minimum Gasteiger partial charge on any atom is -0.386 e. The maximum atomic E-state index is 13.1. The number of alkyl halides is 2. The highest BCUT2D eigenvalue weighted by atomic mass is 19.1. The summed E-state index contributed by atoms with van der Waals surface area (Å²) >= 11 is 0. The number of carbonyl (C=O) groups excluding carboxylic acids is 1. The highest BCUT2D eigenvalue weighted by Gasteiger charge is 2.43. The van der Waals surface area contributed by atoms with Gasteiger partial charge in [0.1, 0.15) is 31.1 Å². The SMILES string of the molecule is CN(C(=O)[C@@H](N)C(O)(CF)CF)[C@H](c1ccccc1)[C@H](O)c1ccccc1. The highest BCUT2D eigenvalue weighted by Crippen LogP contribution is 2.34. The van der Waals surface area contributed by atoms with Crippen molar-refractivity contribution in [1.29, 1.82) is 0 Å². The van der Waals surface area contributed by atoms with Crippen LogP contribution >= 0.6 is 0 Å². The standard InChI is InChI=1S/C20H24F2N2O3/c1-24(19(26)18(23)20(27,12-21)13-22)16(14-8-4-2-5-9-14)17(25)15-10-6-3-7-11-15/h2-11,16-18,25,27H,12-13,23H2,1H3/t16-,17-,18-/m1/s1. The lowest BCUT2D eigenvalue weighted by Gasteiger charge is -2.37. The summed E-state index contributed by atoms with van der Waals surface area (Å²) < 4.78 is 26.1. The molecule has 0 spiro atoms. The number of rotatable bonds is 8. The second-order valence-corrected chi connectivity index (χ2v) is 6.51. The molecule has 0 radical (unpaired) electrons. The van der Waals surface area contributed by atoms with E-state index in [2.05, 4.69) is 0 Å². The molecule has 2 aromatic rings. The predicted octanol–water partition coefficient (Wildman–Crippen LogP) is 1.92. The first kappa shape index (κ1) is 21.0. The van der Waals surface area contributed by atoms with E-state index in [1.54, 1.807) is 60.7 Å². The number of halogens is 2. The van der Waals surface area contributed by atoms with Crippen LogP contribution in [0.1, 0.15) is 23.3 Å². The number of nitrogens with zero attached hydrogens (tertiary/aromatic N) is 1. The molecule has 1 amide bonds. The van der Waals surface area contributed by atoms with E-state index < -0.39 is 43.0 Å². The first-order valence-corrected chi connectivity index (χ1v) is 8.50. The normalized spacial score (nSPS) is 15.0. The van der Waals surface area contributed by atoms with Gasteiger partial charge in [-0.1, -0.05) is 60.7 Å². The van der Waals surface area contributed by atoms with Crippen LogP contribution in [0.3, 0.4) is 0 Å². The summed E-state index contributed by atoms with van der Waals surface area (Å²) in [6.07, 6.45) is -1.11. The summed E-state index contributed by atoms with van der Waals surface area (Å²) in [5.41, 5.74) is 4.24. The van der Waals surface area contributed by atoms with Gasteiger partial charge in [0.25, 0.3) is 0 Å². The number of benzene rings is 2. The fraction of sp³-hybridized carbons (Fsp3) is 0.350. The molecule has 0 aliphatic heterocycles. The average molecular weight is 378 g/mol. The van der Waals surface area contributed by atoms with Crippen LogP contribution in [0.2, 0.25) is 0 Å². The Morgan fingerprint density at radius 1 is 1.04 bits per heavy atom. The summed E-state index contributed by atoms with van der Waals surface area (Å²) in [5.74, 6) is -0.878. The third-order valence-electron chi connectivity index (χ3n) is 4.65. The Balaban J connectivity index is 2.40. The van der Waals surface area contributed by atoms with Crippen LogP contribution < -0.4 is 5.73 Å². The van der Waals surface area contributed by atoms with Crippen molar-refractivity contribution in [1.82, 2.24) is 4.90 Å². The van der Waals surface area contributed by atoms with Gasteiger partial charge in [-0.05, 0) is 11.1 Å². The van der Waals surface area contributed by atoms with Crippen LogP contribution in [0.5, 0.6) is 0 Å². The number of hydrogen-bond donors (Lipinski definition) is 3. The van der Waals surface area contributed by atoms with E-state index in [-0.39, 0.29) is 0 Å². The summed E-state index contributed by atoms with van der Waals surface area (Å²) in [7, 11) is 1.38. The zero-order chi connectivity index (χ0) is 20.0. The minimum absolute atomic E-state index is 0.561. The molecular weight excluding hydrogens is 354 g/mol. The van der Waals surface area contributed by atoms with Crippen LogP contribution in [0.15, 0.2) is 60.7 Å². The predicted molar refractivity (Wildman–Crippen MR) is 98.2 cm³/mol. The van der Waals surface area contributed by atoms with Gasteiger partial charge in [0.05, 0.1) is 6.04 Å². The molecule has 0 unspecified atom stereocenters. The average Bonchev–Trinajstić information content (AvgIpc) is 2.73. The van der Waals surface area contributed by atoms with Crippen LogP contribution in [0.4, 0.5) is 8.78 Å². The Hall–Kier alpha value is -2.35. The Kier molecular flexibility index (Phi) is 7.01. The van der Waals surface area contributed by atoms with Gasteiger partial charge in [0.2, 0.25) is 5.91 Å². The molecule has 0 fully saturated rings. The zero-order valence-corrected chi connectivity index (χ0v) is 15.0. The third kappa shape index (κ3) is 4.50. The maximum absolute atomic E-state index is 13.1. The maximum Gasteiger partial charge on any atom is 0.243 e. The summed E-state index contributed by atoms with van der Waals surface area (Å²) in [5, 5.41) is 20.8. The monoisotopic (exact) mass is 378 g/mol. The third-order valence-corrected chi connectivity index (χ3v) is 4.65. The molecule has 7 heteroatoms. The number of aliphatic hydroxyl groups excluding tert-OH is 1. The molecule has 5 nitrogen and oxygen atoms in total. The molecule has 27 heavy (non-hydrogen) atoms. The Bertz CT molecular complexity index is 727. The van der Waals surface area contributed by atoms with Gasteiger partial charge >= 0.3 is 0 Å². The molecule has 0 aliphatic carbocycles. The van der Waals surface area contributed by atoms with Crippen LogP contribution in [0.25, 0.3) is 0 Å². The molecule has 0 aromatic heterocycles. The zero-order valence-electron chi connectivity index (χ0n) is 15.0. The number of aliphatic hydroxyl groups is 2. The van der Waals surface area contributed by atoms with Crippen molar-refractivity contribution in [3.63, 3.8) is 0 Å². The lowest BCUT2D eigenvalue weighted by Crippen LogP contribution is -2.60. The van der Waals surface area contributed by atoms with Gasteiger partial charge < -0.3 is 20.8 Å². The second-order valence-electron chi connectivity index (χ2n) is 6.51. The van der Waals surface area contributed by atoms with Crippen molar-refractivity contribution < 1.29 is 23.8 Å². The lowest BCUT2D eigenvalue weighted by molar-refractivity contribution is -0.144. The first-order chi connectivity index (χ1) is 12.9. The van der Waals surface area contributed by atoms with Crippen LogP contribution in [0, 0.1) is 0 Å². The van der Waals surface area contributed by atoms with Crippen molar-refractivity contribution in [3.8, 4) is 0 Å². The second kappa shape index (κ2) is 9.03. The number of likely N-dealkylation sites (N-methyl/N-ethyl adjacent to an activating group) is 1. The molecule has 3 atom stereocenters. The quantitative estimate of drug-likeness (QED) is 0.655. The minimum atomic E-state index is -2.61. The van der Waals surface area contributed by atoms with Gasteiger partial charge in [0, 0.05) is 7.05 Å². The van der Waals surface area contributed by atoms with Crippen molar-refractivity contribution >= 4 is 5.91 Å². The van der Waals surface area contributed by atoms with Crippen molar-refractivity contribution in [2.24, 2.45) is 5.73 Å². The molecule has 0 bridgehead atoms. The van der Waals surface area contributed by atoms with Gasteiger partial charge in [-0.25, -0.2) is 8.78 Å². The Labute approximate surface area is 157 Å². The van der Waals surface area contributed by atoms with Crippen molar-refractivity contribution in [2.45, 2.75) is 23.8 Å². The van der Waals surface area contributed by atoms with Gasteiger partial charge in [-0.3, -0.25) is 4.79 Å². The number of nitrogens with two attached hydrogens (primary N) is 1. The first-order valence-electron chi connectivity index (χ1n) is 8.50. The van der Waals surface area contributed by atoms with E-state index >= 15 is 0 Å². The molecule has 2 rings (SSSR count).